The van der Waals surface area contributed by atoms with Crippen LogP contribution < -0.4 is 10.1 Å². The van der Waals surface area contributed by atoms with Crippen molar-refractivity contribution in [3.05, 3.63) is 46.7 Å². The van der Waals surface area contributed by atoms with Gasteiger partial charge in [0, 0.05) is 17.8 Å². The van der Waals surface area contributed by atoms with Crippen molar-refractivity contribution < 1.29 is 9.53 Å². The highest BCUT2D eigenvalue weighted by Gasteiger charge is 2.50. The van der Waals surface area contributed by atoms with Crippen molar-refractivity contribution in [1.82, 2.24) is 15.1 Å². The molecule has 6 rings (SSSR count). The maximum absolute atomic E-state index is 12.7. The fourth-order valence-corrected chi connectivity index (χ4v) is 6.38. The van der Waals surface area contributed by atoms with Gasteiger partial charge in [-0.1, -0.05) is 11.6 Å². The predicted octanol–water partition coefficient (Wildman–Crippen LogP) is 4.83. The number of ether oxygens (including phenoxy) is 1. The zero-order valence-corrected chi connectivity index (χ0v) is 17.6. The minimum absolute atomic E-state index is 0.0816. The fraction of sp³-hybridized carbons (Fsp3) is 0.565. The molecular formula is C23H28ClN3O2. The summed E-state index contributed by atoms with van der Waals surface area (Å²) in [5.41, 5.74) is 1.75. The van der Waals surface area contributed by atoms with Gasteiger partial charge in [-0.15, -0.1) is 0 Å². The molecule has 0 unspecified atom stereocenters. The van der Waals surface area contributed by atoms with E-state index in [2.05, 4.69) is 10.4 Å². The molecule has 4 saturated carbocycles. The van der Waals surface area contributed by atoms with E-state index in [-0.39, 0.29) is 12.6 Å². The molecule has 4 bridgehead atoms. The Kier molecular flexibility index (Phi) is 4.81. The number of benzene rings is 1. The summed E-state index contributed by atoms with van der Waals surface area (Å²) in [4.78, 5) is 12.7. The third-order valence-corrected chi connectivity index (χ3v) is 7.58. The highest BCUT2D eigenvalue weighted by Crippen LogP contribution is 2.59. The Labute approximate surface area is 176 Å². The molecule has 0 spiro atoms. The van der Waals surface area contributed by atoms with Crippen molar-refractivity contribution in [3.8, 4) is 5.75 Å². The second-order valence-electron chi connectivity index (χ2n) is 9.53. The SMILES string of the molecule is Cc1cc(OCn2ccc(C(=O)NCC34CC5CC(CC(C5)C3)C4)n2)ccc1Cl. The van der Waals surface area contributed by atoms with E-state index in [0.29, 0.717) is 11.1 Å². The van der Waals surface area contributed by atoms with E-state index in [1.165, 1.54) is 38.5 Å². The van der Waals surface area contributed by atoms with Crippen molar-refractivity contribution in [2.45, 2.75) is 52.2 Å². The molecule has 4 aliphatic rings. The lowest BCUT2D eigenvalue weighted by Crippen LogP contribution is -2.51. The summed E-state index contributed by atoms with van der Waals surface area (Å²) in [6.45, 7) is 2.99. The number of rotatable bonds is 6. The number of nitrogens with one attached hydrogen (secondary N) is 1. The van der Waals surface area contributed by atoms with E-state index in [0.717, 1.165) is 40.6 Å². The summed E-state index contributed by atoms with van der Waals surface area (Å²) in [6, 6.07) is 7.30. The van der Waals surface area contributed by atoms with Crippen LogP contribution in [0.25, 0.3) is 0 Å². The van der Waals surface area contributed by atoms with Gasteiger partial charge in [-0.2, -0.15) is 5.10 Å². The molecule has 2 aromatic rings. The lowest BCUT2D eigenvalue weighted by atomic mass is 9.49. The Morgan fingerprint density at radius 2 is 1.90 bits per heavy atom. The molecule has 5 nitrogen and oxygen atoms in total. The summed E-state index contributed by atoms with van der Waals surface area (Å²) >= 11 is 6.05. The second-order valence-corrected chi connectivity index (χ2v) is 9.93. The molecule has 1 amide bonds. The molecule has 1 heterocycles. The standard InChI is InChI=1S/C23H28ClN3O2/c1-15-6-19(2-3-20(15)24)29-14-27-5-4-21(26-27)22(28)25-13-23-10-16-7-17(11-23)9-18(8-16)12-23/h2-6,16-18H,7-14H2,1H3,(H,25,28). The van der Waals surface area contributed by atoms with Gasteiger partial charge in [0.25, 0.3) is 5.91 Å². The van der Waals surface area contributed by atoms with Crippen molar-refractivity contribution in [2.75, 3.05) is 6.54 Å². The van der Waals surface area contributed by atoms with E-state index in [9.17, 15) is 4.79 Å². The van der Waals surface area contributed by atoms with Crippen LogP contribution in [0.1, 0.15) is 54.6 Å². The van der Waals surface area contributed by atoms with Crippen LogP contribution in [-0.4, -0.2) is 22.2 Å². The van der Waals surface area contributed by atoms with Gasteiger partial charge in [-0.25, -0.2) is 4.68 Å². The molecule has 4 aliphatic carbocycles. The van der Waals surface area contributed by atoms with Gasteiger partial charge >= 0.3 is 0 Å². The summed E-state index contributed by atoms with van der Waals surface area (Å²) in [5, 5.41) is 8.29. The minimum atomic E-state index is -0.0816. The third-order valence-electron chi connectivity index (χ3n) is 7.16. The summed E-state index contributed by atoms with van der Waals surface area (Å²) in [6.07, 6.45) is 9.93. The highest BCUT2D eigenvalue weighted by atomic mass is 35.5. The van der Waals surface area contributed by atoms with Crippen LogP contribution in [0.15, 0.2) is 30.5 Å². The molecule has 1 N–H and O–H groups in total. The molecule has 0 aliphatic heterocycles. The number of aromatic nitrogens is 2. The Hall–Kier alpha value is -2.01. The smallest absolute Gasteiger partial charge is 0.271 e. The number of halogens is 1. The van der Waals surface area contributed by atoms with E-state index in [1.807, 2.05) is 25.1 Å². The zero-order chi connectivity index (χ0) is 20.0. The van der Waals surface area contributed by atoms with Gasteiger partial charge in [0.15, 0.2) is 6.73 Å². The molecule has 0 saturated heterocycles. The number of carbonyl (C=O) groups excluding carboxylic acids is 1. The first-order valence-corrected chi connectivity index (χ1v) is 11.1. The minimum Gasteiger partial charge on any atom is -0.471 e. The predicted molar refractivity (Wildman–Crippen MR) is 112 cm³/mol. The van der Waals surface area contributed by atoms with E-state index < -0.39 is 0 Å². The Bertz CT molecular complexity index is 887. The molecule has 154 valence electrons. The maximum atomic E-state index is 12.7. The third kappa shape index (κ3) is 3.89. The quantitative estimate of drug-likeness (QED) is 0.738. The van der Waals surface area contributed by atoms with Crippen molar-refractivity contribution >= 4 is 17.5 Å². The van der Waals surface area contributed by atoms with Crippen LogP contribution in [0.2, 0.25) is 5.02 Å². The molecular weight excluding hydrogens is 386 g/mol. The topological polar surface area (TPSA) is 56.1 Å². The molecule has 4 fully saturated rings. The number of nitrogens with zero attached hydrogens (tertiary/aromatic N) is 2. The van der Waals surface area contributed by atoms with Gasteiger partial charge in [-0.05, 0) is 98.4 Å². The highest BCUT2D eigenvalue weighted by molar-refractivity contribution is 6.31. The largest absolute Gasteiger partial charge is 0.471 e. The summed E-state index contributed by atoms with van der Waals surface area (Å²) in [5.74, 6) is 3.33. The molecule has 0 radical (unpaired) electrons. The summed E-state index contributed by atoms with van der Waals surface area (Å²) < 4.78 is 7.40. The summed E-state index contributed by atoms with van der Waals surface area (Å²) in [7, 11) is 0. The van der Waals surface area contributed by atoms with Crippen LogP contribution in [0.3, 0.4) is 0 Å². The van der Waals surface area contributed by atoms with Crippen molar-refractivity contribution in [3.63, 3.8) is 0 Å². The van der Waals surface area contributed by atoms with Crippen LogP contribution >= 0.6 is 11.6 Å². The zero-order valence-electron chi connectivity index (χ0n) is 16.9. The van der Waals surface area contributed by atoms with E-state index in [1.54, 1.807) is 16.9 Å². The van der Waals surface area contributed by atoms with Gasteiger partial charge in [-0.3, -0.25) is 4.79 Å². The second kappa shape index (κ2) is 7.35. The number of hydrogen-bond acceptors (Lipinski definition) is 3. The van der Waals surface area contributed by atoms with Crippen LogP contribution in [0.4, 0.5) is 0 Å². The number of hydrogen-bond donors (Lipinski definition) is 1. The number of aryl methyl sites for hydroxylation is 1. The molecule has 1 aromatic heterocycles. The van der Waals surface area contributed by atoms with Crippen LogP contribution in [0.5, 0.6) is 5.75 Å². The Balaban J connectivity index is 1.16. The number of amides is 1. The fourth-order valence-electron chi connectivity index (χ4n) is 6.27. The molecule has 6 heteroatoms. The first kappa shape index (κ1) is 19.0. The van der Waals surface area contributed by atoms with Crippen LogP contribution in [-0.2, 0) is 6.73 Å². The monoisotopic (exact) mass is 413 g/mol. The molecule has 29 heavy (non-hydrogen) atoms. The van der Waals surface area contributed by atoms with Crippen molar-refractivity contribution in [2.24, 2.45) is 23.2 Å². The van der Waals surface area contributed by atoms with Gasteiger partial charge in [0.1, 0.15) is 11.4 Å². The Morgan fingerprint density at radius 1 is 1.21 bits per heavy atom. The first-order chi connectivity index (χ1) is 14.0. The number of carbonyl (C=O) groups is 1. The molecule has 0 atom stereocenters. The van der Waals surface area contributed by atoms with E-state index >= 15 is 0 Å². The first-order valence-electron chi connectivity index (χ1n) is 10.7. The maximum Gasteiger partial charge on any atom is 0.271 e. The van der Waals surface area contributed by atoms with Gasteiger partial charge < -0.3 is 10.1 Å². The Morgan fingerprint density at radius 3 is 2.55 bits per heavy atom. The lowest BCUT2D eigenvalue weighted by molar-refractivity contribution is -0.0503. The van der Waals surface area contributed by atoms with E-state index in [4.69, 9.17) is 16.3 Å². The molecule has 1 aromatic carbocycles. The van der Waals surface area contributed by atoms with Crippen LogP contribution in [0, 0.1) is 30.1 Å². The van der Waals surface area contributed by atoms with Crippen molar-refractivity contribution in [1.29, 1.82) is 0 Å². The normalized spacial score (nSPS) is 29.8. The lowest BCUT2D eigenvalue weighted by Gasteiger charge is -2.56. The average Bonchev–Trinajstić information content (AvgIpc) is 3.15. The average molecular weight is 414 g/mol. The van der Waals surface area contributed by atoms with Gasteiger partial charge in [0.05, 0.1) is 0 Å². The van der Waals surface area contributed by atoms with Gasteiger partial charge in [0.2, 0.25) is 0 Å².